The Bertz CT molecular complexity index is 348. The highest BCUT2D eigenvalue weighted by atomic mass is 16.6. The highest BCUT2D eigenvalue weighted by molar-refractivity contribution is 5.47. The number of aryl methyl sites for hydroxylation is 1. The summed E-state index contributed by atoms with van der Waals surface area (Å²) in [6.45, 7) is 6.70. The predicted molar refractivity (Wildman–Crippen MR) is 65.4 cm³/mol. The molecule has 0 bridgehead atoms. The fraction of sp³-hybridized carbons (Fsp3) is 0.538. The first-order valence-corrected chi connectivity index (χ1v) is 5.77. The average Bonchev–Trinajstić information content (AvgIpc) is 2.26. The van der Waals surface area contributed by atoms with Crippen LogP contribution in [0.25, 0.3) is 0 Å². The molecular formula is C13H21NO2. The highest BCUT2D eigenvalue weighted by Crippen LogP contribution is 2.31. The molecule has 0 aromatic heterocycles. The number of hydrogen-bond acceptors (Lipinski definition) is 3. The van der Waals surface area contributed by atoms with E-state index >= 15 is 0 Å². The first-order valence-electron chi connectivity index (χ1n) is 5.77. The first kappa shape index (κ1) is 13.0. The monoisotopic (exact) mass is 223 g/mol. The molecule has 0 aliphatic rings. The van der Waals surface area contributed by atoms with E-state index < -0.39 is 0 Å². The standard InChI is InChI=1S/C13H21NO2/c1-4-10-5-6-11(9(2)3)12(13(10)15)7-8-16-14/h5-6,9,15H,4,7-8,14H2,1-3H3. The van der Waals surface area contributed by atoms with Gasteiger partial charge in [-0.2, -0.15) is 0 Å². The normalized spacial score (nSPS) is 11.1. The molecule has 0 unspecified atom stereocenters. The molecule has 1 aromatic rings. The summed E-state index contributed by atoms with van der Waals surface area (Å²) in [5, 5.41) is 10.1. The first-order chi connectivity index (χ1) is 7.61. The van der Waals surface area contributed by atoms with Gasteiger partial charge in [0.15, 0.2) is 0 Å². The zero-order chi connectivity index (χ0) is 12.1. The Morgan fingerprint density at radius 3 is 2.56 bits per heavy atom. The Labute approximate surface area is 97.2 Å². The summed E-state index contributed by atoms with van der Waals surface area (Å²) in [6, 6.07) is 4.09. The Balaban J connectivity index is 3.14. The second kappa shape index (κ2) is 5.87. The topological polar surface area (TPSA) is 55.5 Å². The largest absolute Gasteiger partial charge is 0.507 e. The zero-order valence-electron chi connectivity index (χ0n) is 10.3. The summed E-state index contributed by atoms with van der Waals surface area (Å²) in [6.07, 6.45) is 1.49. The molecule has 0 spiro atoms. The number of benzene rings is 1. The van der Waals surface area contributed by atoms with E-state index in [2.05, 4.69) is 24.8 Å². The van der Waals surface area contributed by atoms with E-state index in [-0.39, 0.29) is 0 Å². The Morgan fingerprint density at radius 1 is 1.38 bits per heavy atom. The molecule has 0 radical (unpaired) electrons. The van der Waals surface area contributed by atoms with E-state index in [1.54, 1.807) is 0 Å². The zero-order valence-corrected chi connectivity index (χ0v) is 10.3. The van der Waals surface area contributed by atoms with E-state index in [0.29, 0.717) is 24.7 Å². The highest BCUT2D eigenvalue weighted by Gasteiger charge is 2.13. The molecule has 1 rings (SSSR count). The van der Waals surface area contributed by atoms with Crippen LogP contribution in [0.2, 0.25) is 0 Å². The number of nitrogens with two attached hydrogens (primary N) is 1. The lowest BCUT2D eigenvalue weighted by Crippen LogP contribution is -2.07. The minimum atomic E-state index is 0.393. The molecule has 3 N–H and O–H groups in total. The third-order valence-corrected chi connectivity index (χ3v) is 2.88. The van der Waals surface area contributed by atoms with Crippen LogP contribution in [-0.4, -0.2) is 11.7 Å². The summed E-state index contributed by atoms with van der Waals surface area (Å²) >= 11 is 0. The number of phenols is 1. The van der Waals surface area contributed by atoms with Crippen LogP contribution in [0.5, 0.6) is 5.75 Å². The summed E-state index contributed by atoms with van der Waals surface area (Å²) < 4.78 is 0. The third-order valence-electron chi connectivity index (χ3n) is 2.88. The number of aromatic hydroxyl groups is 1. The van der Waals surface area contributed by atoms with E-state index in [0.717, 1.165) is 17.5 Å². The Kier molecular flexibility index (Phi) is 4.77. The van der Waals surface area contributed by atoms with Crippen LogP contribution in [-0.2, 0) is 17.7 Å². The Morgan fingerprint density at radius 2 is 2.06 bits per heavy atom. The van der Waals surface area contributed by atoms with Crippen LogP contribution in [0.1, 0.15) is 43.4 Å². The van der Waals surface area contributed by atoms with Crippen molar-refractivity contribution in [3.63, 3.8) is 0 Å². The van der Waals surface area contributed by atoms with Gasteiger partial charge < -0.3 is 9.94 Å². The SMILES string of the molecule is CCc1ccc(C(C)C)c(CCON)c1O. The van der Waals surface area contributed by atoms with Gasteiger partial charge in [0.2, 0.25) is 0 Å². The van der Waals surface area contributed by atoms with Gasteiger partial charge in [0, 0.05) is 6.42 Å². The van der Waals surface area contributed by atoms with E-state index in [9.17, 15) is 5.11 Å². The molecule has 1 aromatic carbocycles. The molecule has 90 valence electrons. The lowest BCUT2D eigenvalue weighted by Gasteiger charge is -2.16. The fourth-order valence-corrected chi connectivity index (χ4v) is 1.95. The molecule has 0 amide bonds. The maximum atomic E-state index is 10.1. The minimum Gasteiger partial charge on any atom is -0.507 e. The molecule has 0 aliphatic heterocycles. The maximum absolute atomic E-state index is 10.1. The second-order valence-corrected chi connectivity index (χ2v) is 4.27. The predicted octanol–water partition coefficient (Wildman–Crippen LogP) is 2.51. The van der Waals surface area contributed by atoms with Crippen molar-refractivity contribution < 1.29 is 9.94 Å². The summed E-state index contributed by atoms with van der Waals surface area (Å²) in [4.78, 5) is 4.60. The summed E-state index contributed by atoms with van der Waals surface area (Å²) in [7, 11) is 0. The number of phenolic OH excluding ortho intramolecular Hbond substituents is 1. The van der Waals surface area contributed by atoms with Crippen LogP contribution < -0.4 is 5.90 Å². The van der Waals surface area contributed by atoms with Crippen molar-refractivity contribution in [2.24, 2.45) is 5.90 Å². The van der Waals surface area contributed by atoms with Crippen LogP contribution in [0, 0.1) is 0 Å². The average molecular weight is 223 g/mol. The Hall–Kier alpha value is -1.06. The van der Waals surface area contributed by atoms with E-state index in [1.807, 2.05) is 13.0 Å². The minimum absolute atomic E-state index is 0.393. The smallest absolute Gasteiger partial charge is 0.122 e. The molecule has 0 saturated carbocycles. The van der Waals surface area contributed by atoms with Crippen molar-refractivity contribution in [2.45, 2.75) is 39.5 Å². The maximum Gasteiger partial charge on any atom is 0.122 e. The quantitative estimate of drug-likeness (QED) is 0.754. The van der Waals surface area contributed by atoms with Crippen LogP contribution in [0.4, 0.5) is 0 Å². The second-order valence-electron chi connectivity index (χ2n) is 4.27. The molecule has 3 nitrogen and oxygen atoms in total. The number of hydrogen-bond donors (Lipinski definition) is 2. The van der Waals surface area contributed by atoms with Gasteiger partial charge in [0.1, 0.15) is 5.75 Å². The number of rotatable bonds is 5. The van der Waals surface area contributed by atoms with Gasteiger partial charge in [-0.25, -0.2) is 5.90 Å². The lowest BCUT2D eigenvalue weighted by molar-refractivity contribution is 0.140. The van der Waals surface area contributed by atoms with Crippen molar-refractivity contribution in [3.05, 3.63) is 28.8 Å². The van der Waals surface area contributed by atoms with Crippen molar-refractivity contribution in [3.8, 4) is 5.75 Å². The van der Waals surface area contributed by atoms with Crippen molar-refractivity contribution in [1.29, 1.82) is 0 Å². The molecule has 3 heteroatoms. The van der Waals surface area contributed by atoms with Gasteiger partial charge in [-0.15, -0.1) is 0 Å². The van der Waals surface area contributed by atoms with E-state index in [4.69, 9.17) is 5.90 Å². The van der Waals surface area contributed by atoms with Gasteiger partial charge in [0.25, 0.3) is 0 Å². The molecule has 16 heavy (non-hydrogen) atoms. The third kappa shape index (κ3) is 2.74. The van der Waals surface area contributed by atoms with Crippen LogP contribution in [0.3, 0.4) is 0 Å². The van der Waals surface area contributed by atoms with Gasteiger partial charge >= 0.3 is 0 Å². The van der Waals surface area contributed by atoms with Gasteiger partial charge in [-0.1, -0.05) is 32.9 Å². The molecule has 0 heterocycles. The van der Waals surface area contributed by atoms with Crippen LogP contribution >= 0.6 is 0 Å². The molecule has 0 atom stereocenters. The van der Waals surface area contributed by atoms with Gasteiger partial charge in [-0.3, -0.25) is 0 Å². The molecule has 0 fully saturated rings. The molecule has 0 aliphatic carbocycles. The summed E-state index contributed by atoms with van der Waals surface area (Å²) in [5.41, 5.74) is 3.13. The van der Waals surface area contributed by atoms with Crippen molar-refractivity contribution in [2.75, 3.05) is 6.61 Å². The van der Waals surface area contributed by atoms with Gasteiger partial charge in [-0.05, 0) is 29.0 Å². The van der Waals surface area contributed by atoms with Crippen molar-refractivity contribution in [1.82, 2.24) is 0 Å². The van der Waals surface area contributed by atoms with E-state index in [1.165, 1.54) is 5.56 Å². The lowest BCUT2D eigenvalue weighted by atomic mass is 9.92. The van der Waals surface area contributed by atoms with Crippen LogP contribution in [0.15, 0.2) is 12.1 Å². The molecular weight excluding hydrogens is 202 g/mol. The van der Waals surface area contributed by atoms with Gasteiger partial charge in [0.05, 0.1) is 6.61 Å². The fourth-order valence-electron chi connectivity index (χ4n) is 1.95. The summed E-state index contributed by atoms with van der Waals surface area (Å²) in [5.74, 6) is 5.84. The molecule has 0 saturated heterocycles. The van der Waals surface area contributed by atoms with Crippen molar-refractivity contribution >= 4 is 0 Å².